The molecule has 9 heavy (non-hydrogen) atoms. The molecule has 0 spiro atoms. The van der Waals surface area contributed by atoms with Crippen molar-refractivity contribution in [3.8, 4) is 0 Å². The second-order valence-electron chi connectivity index (χ2n) is 0. The predicted molar refractivity (Wildman–Crippen MR) is 8.09 cm³/mol. The van der Waals surface area contributed by atoms with Gasteiger partial charge in [0.15, 0.2) is 0 Å². The summed E-state index contributed by atoms with van der Waals surface area (Å²) in [5.74, 6) is 0. The smallest absolute Gasteiger partial charge is 2.00 e. The summed E-state index contributed by atoms with van der Waals surface area (Å²) in [6.07, 6.45) is 0. The molecule has 9 heteroatoms. The molecule has 0 aromatic rings. The van der Waals surface area contributed by atoms with Crippen molar-refractivity contribution in [2.75, 3.05) is 0 Å². The fraction of sp³-hybridized carbons (Fsp3) is 0. The molecule has 72 valence electrons. The maximum absolute atomic E-state index is 0. The largest absolute Gasteiger partial charge is 3.00 e. The van der Waals surface area contributed by atoms with Crippen molar-refractivity contribution in [1.82, 2.24) is 0 Å². The van der Waals surface area contributed by atoms with E-state index < -0.39 is 0 Å². The van der Waals surface area contributed by atoms with Crippen LogP contribution in [0.4, 0.5) is 0 Å². The molecule has 0 unspecified atom stereocenters. The van der Waals surface area contributed by atoms with E-state index in [4.69, 9.17) is 0 Å². The van der Waals surface area contributed by atoms with E-state index >= 15 is 0 Å². The monoisotopic (exact) mass is 350 g/mol. The number of nitrogens with zero attached hydrogens (tertiary/aromatic N) is 2. The summed E-state index contributed by atoms with van der Waals surface area (Å²) in [6, 6.07) is 0. The van der Waals surface area contributed by atoms with Crippen LogP contribution in [0.5, 0.6) is 0 Å². The molecule has 0 amide bonds. The van der Waals surface area contributed by atoms with Crippen molar-refractivity contribution < 1.29 is 93.4 Å². The van der Waals surface area contributed by atoms with Crippen LogP contribution in [-0.4, -0.2) is 0 Å². The molecule has 0 aromatic heterocycles. The minimum Gasteiger partial charge on any atom is -3.00 e. The maximum atomic E-state index is 0. The van der Waals surface area contributed by atoms with Crippen molar-refractivity contribution in [3.05, 3.63) is 12.3 Å². The molecule has 0 fully saturated rings. The molecule has 0 bridgehead atoms. The molecule has 0 aliphatic carbocycles. The van der Waals surface area contributed by atoms with Gasteiger partial charge in [0.05, 0.1) is 0 Å². The Balaban J connectivity index is 0. The molecule has 0 rings (SSSR count). The van der Waals surface area contributed by atoms with Gasteiger partial charge in [-0.05, 0) is 0 Å². The van der Waals surface area contributed by atoms with Gasteiger partial charge in [0.25, 0.3) is 0 Å². The van der Waals surface area contributed by atoms with E-state index in [1.54, 1.807) is 0 Å². The molecule has 0 saturated heterocycles. The first-order valence-corrected chi connectivity index (χ1v) is 0. The summed E-state index contributed by atoms with van der Waals surface area (Å²) in [7, 11) is 0. The summed E-state index contributed by atoms with van der Waals surface area (Å²) in [5.41, 5.74) is 0. The van der Waals surface area contributed by atoms with E-state index in [0.717, 1.165) is 0 Å². The van der Waals surface area contributed by atoms with E-state index in [0.29, 0.717) is 0 Å². The summed E-state index contributed by atoms with van der Waals surface area (Å²) < 4.78 is 0. The summed E-state index contributed by atoms with van der Waals surface area (Å²) in [5, 5.41) is 0. The topological polar surface area (TPSA) is 118 Å². The van der Waals surface area contributed by atoms with E-state index in [1.807, 2.05) is 0 Å². The normalized spacial score (nSPS) is 0. The molecule has 0 N–H and O–H groups in total. The Labute approximate surface area is 105 Å². The van der Waals surface area contributed by atoms with E-state index in [1.165, 1.54) is 0 Å². The van der Waals surface area contributed by atoms with Gasteiger partial charge >= 0.3 is 82.5 Å². The van der Waals surface area contributed by atoms with Crippen LogP contribution < -0.4 is 0 Å². The zero-order chi connectivity index (χ0) is 0. The Bertz CT molecular complexity index is 12.9. The third-order valence-electron chi connectivity index (χ3n) is 0. The summed E-state index contributed by atoms with van der Waals surface area (Å²) in [4.78, 5) is 0. The van der Waals surface area contributed by atoms with Crippen LogP contribution in [0, 0.1) is 0 Å². The number of hydrogen-bond acceptors (Lipinski definition) is 0. The first kappa shape index (κ1) is 226. The Morgan fingerprint density at radius 2 is 0.333 bits per heavy atom. The quantitative estimate of drug-likeness (QED) is 0.558. The molecular weight excluding hydrogens is 353 g/mol. The van der Waals surface area contributed by atoms with Gasteiger partial charge in [-0.1, -0.05) is 0 Å². The molecule has 4 nitrogen and oxygen atoms in total. The van der Waals surface area contributed by atoms with Gasteiger partial charge in [-0.25, -0.2) is 0 Å². The fourth-order valence-corrected chi connectivity index (χ4v) is 0. The molecule has 0 aromatic carbocycles. The Hall–Kier alpha value is 2.31. The van der Waals surface area contributed by atoms with E-state index in [2.05, 4.69) is 0 Å². The van der Waals surface area contributed by atoms with Gasteiger partial charge in [0, 0.05) is 0 Å². The zero-order valence-corrected chi connectivity index (χ0v) is 8.23. The Kier molecular flexibility index (Phi) is 4200. The average Bonchev–Trinajstić information content (AvgIpc) is 0. The van der Waals surface area contributed by atoms with Gasteiger partial charge in [0.2, 0.25) is 0 Å². The number of hydrogen-bond donors (Lipinski definition) is 0. The zero-order valence-electron chi connectivity index (χ0n) is 3.29. The molecule has 0 aliphatic rings. The summed E-state index contributed by atoms with van der Waals surface area (Å²) in [6.45, 7) is 0. The standard InChI is InChI=1S/2N.5Ni.2O/q2*-3;5*+2;2*-2. The summed E-state index contributed by atoms with van der Waals surface area (Å²) >= 11 is 0. The minimum absolute atomic E-state index is 0. The van der Waals surface area contributed by atoms with Crippen molar-refractivity contribution in [2.45, 2.75) is 0 Å². The van der Waals surface area contributed by atoms with Crippen molar-refractivity contribution in [3.63, 3.8) is 0 Å². The van der Waals surface area contributed by atoms with E-state index in [-0.39, 0.29) is 106 Å². The maximum Gasteiger partial charge on any atom is 2.00 e. The van der Waals surface area contributed by atoms with E-state index in [9.17, 15) is 0 Å². The molecule has 0 aliphatic heterocycles. The van der Waals surface area contributed by atoms with Gasteiger partial charge < -0.3 is 23.3 Å². The molecular formula is N2Ni5O2. The van der Waals surface area contributed by atoms with Crippen LogP contribution in [0.1, 0.15) is 0 Å². The van der Waals surface area contributed by atoms with Gasteiger partial charge in [-0.3, -0.25) is 0 Å². The fourth-order valence-electron chi connectivity index (χ4n) is 0. The van der Waals surface area contributed by atoms with Crippen LogP contribution >= 0.6 is 0 Å². The van der Waals surface area contributed by atoms with Crippen LogP contribution in [0.3, 0.4) is 0 Å². The van der Waals surface area contributed by atoms with Crippen LogP contribution in [0.2, 0.25) is 0 Å². The van der Waals surface area contributed by atoms with Crippen molar-refractivity contribution in [1.29, 1.82) is 0 Å². The van der Waals surface area contributed by atoms with Crippen LogP contribution in [0.15, 0.2) is 0 Å². The van der Waals surface area contributed by atoms with Gasteiger partial charge in [0.1, 0.15) is 0 Å². The molecule has 0 saturated carbocycles. The Morgan fingerprint density at radius 1 is 0.333 bits per heavy atom. The SMILES string of the molecule is [N-3].[N-3].[Ni+2].[Ni+2].[Ni+2].[Ni+2].[Ni+2].[O-2].[O-2]. The molecule has 0 radical (unpaired) electrons. The van der Waals surface area contributed by atoms with Crippen molar-refractivity contribution in [2.24, 2.45) is 0 Å². The first-order valence-electron chi connectivity index (χ1n) is 0. The van der Waals surface area contributed by atoms with Gasteiger partial charge in [-0.15, -0.1) is 0 Å². The molecule has 0 heterocycles. The average molecular weight is 353 g/mol. The van der Waals surface area contributed by atoms with Crippen LogP contribution in [0.25, 0.3) is 12.3 Å². The molecule has 0 atom stereocenters. The number of rotatable bonds is 0. The second kappa shape index (κ2) is 168. The Morgan fingerprint density at radius 3 is 0.333 bits per heavy atom. The predicted octanol–water partition coefficient (Wildman–Crippen LogP) is 0.327. The third-order valence-corrected chi connectivity index (χ3v) is 0. The first-order chi connectivity index (χ1) is 0. The van der Waals surface area contributed by atoms with Crippen LogP contribution in [-0.2, 0) is 93.4 Å². The third kappa shape index (κ3) is 134. The second-order valence-corrected chi connectivity index (χ2v) is 0. The van der Waals surface area contributed by atoms with Gasteiger partial charge in [-0.2, -0.15) is 0 Å². The van der Waals surface area contributed by atoms with Crippen molar-refractivity contribution >= 4 is 0 Å². The minimum atomic E-state index is 0.